The van der Waals surface area contributed by atoms with Crippen LogP contribution in [0.4, 0.5) is 4.39 Å². The summed E-state index contributed by atoms with van der Waals surface area (Å²) in [5.41, 5.74) is 1.00. The number of carbonyl (C=O) groups excluding carboxylic acids is 1. The minimum absolute atomic E-state index is 0.310. The highest BCUT2D eigenvalue weighted by Gasteiger charge is 2.34. The van der Waals surface area contributed by atoms with Gasteiger partial charge in [-0.3, -0.25) is 4.79 Å². The number of ether oxygens (including phenoxy) is 1. The molecule has 1 aromatic heterocycles. The Bertz CT molecular complexity index is 789. The number of rotatable bonds is 5. The van der Waals surface area contributed by atoms with Gasteiger partial charge in [-0.2, -0.15) is 0 Å². The van der Waals surface area contributed by atoms with Crippen LogP contribution in [0.2, 0.25) is 0 Å². The van der Waals surface area contributed by atoms with Gasteiger partial charge >= 0.3 is 5.97 Å². The zero-order chi connectivity index (χ0) is 17.3. The van der Waals surface area contributed by atoms with E-state index < -0.39 is 18.2 Å². The number of aryl methyl sites for hydroxylation is 1. The zero-order valence-corrected chi connectivity index (χ0v) is 13.2. The van der Waals surface area contributed by atoms with Gasteiger partial charge in [-0.05, 0) is 25.0 Å². The van der Waals surface area contributed by atoms with E-state index in [1.54, 1.807) is 23.7 Å². The van der Waals surface area contributed by atoms with Crippen molar-refractivity contribution in [3.8, 4) is 0 Å². The Morgan fingerprint density at radius 3 is 2.83 bits per heavy atom. The number of hydrogen-bond acceptors (Lipinski definition) is 4. The van der Waals surface area contributed by atoms with Crippen LogP contribution in [-0.2, 0) is 27.8 Å². The monoisotopic (exact) mass is 335 g/mol. The Balaban J connectivity index is 1.57. The van der Waals surface area contributed by atoms with Crippen LogP contribution in [-0.4, -0.2) is 45.3 Å². The van der Waals surface area contributed by atoms with Crippen LogP contribution in [0.15, 0.2) is 18.2 Å². The minimum atomic E-state index is -1.05. The maximum absolute atomic E-state index is 13.7. The molecule has 7 nitrogen and oxygen atoms in total. The van der Waals surface area contributed by atoms with Crippen molar-refractivity contribution >= 4 is 22.9 Å². The summed E-state index contributed by atoms with van der Waals surface area (Å²) in [4.78, 5) is 27.1. The molecule has 3 rings (SSSR count). The fraction of sp³-hybridized carbons (Fsp3) is 0.438. The first-order valence-electron chi connectivity index (χ1n) is 7.73. The maximum Gasteiger partial charge on any atom is 0.332 e. The zero-order valence-electron chi connectivity index (χ0n) is 13.2. The van der Waals surface area contributed by atoms with Crippen molar-refractivity contribution in [1.82, 2.24) is 14.9 Å². The highest BCUT2D eigenvalue weighted by Crippen LogP contribution is 2.20. The Labute approximate surface area is 137 Å². The van der Waals surface area contributed by atoms with Crippen LogP contribution in [0.25, 0.3) is 11.0 Å². The van der Waals surface area contributed by atoms with Gasteiger partial charge in [-0.15, -0.1) is 0 Å². The Hall–Kier alpha value is -2.48. The summed E-state index contributed by atoms with van der Waals surface area (Å²) in [5.74, 6) is -1.10. The molecule has 1 amide bonds. The van der Waals surface area contributed by atoms with Crippen LogP contribution in [0.1, 0.15) is 18.7 Å². The fourth-order valence-electron chi connectivity index (χ4n) is 2.88. The molecule has 0 radical (unpaired) electrons. The summed E-state index contributed by atoms with van der Waals surface area (Å²) >= 11 is 0. The molecule has 1 fully saturated rings. The van der Waals surface area contributed by atoms with Crippen molar-refractivity contribution in [2.24, 2.45) is 7.05 Å². The first-order valence-corrected chi connectivity index (χ1v) is 7.73. The molecule has 2 aromatic rings. The number of nitrogens with one attached hydrogen (secondary N) is 1. The van der Waals surface area contributed by atoms with Gasteiger partial charge in [0.1, 0.15) is 17.4 Å². The SMILES string of the molecule is Cn1c(CCNC(=O)[C@@H]2CC[C@H](C(=O)O)O2)nc2c(F)cccc21. The highest BCUT2D eigenvalue weighted by molar-refractivity contribution is 5.82. The van der Waals surface area contributed by atoms with Gasteiger partial charge in [0.15, 0.2) is 11.9 Å². The summed E-state index contributed by atoms with van der Waals surface area (Å²) in [5, 5.41) is 11.6. The minimum Gasteiger partial charge on any atom is -0.479 e. The van der Waals surface area contributed by atoms with E-state index in [1.165, 1.54) is 6.07 Å². The van der Waals surface area contributed by atoms with Crippen LogP contribution >= 0.6 is 0 Å². The average molecular weight is 335 g/mol. The summed E-state index contributed by atoms with van der Waals surface area (Å²) in [6.07, 6.45) is -0.490. The van der Waals surface area contributed by atoms with Crippen molar-refractivity contribution in [1.29, 1.82) is 0 Å². The van der Waals surface area contributed by atoms with Crippen LogP contribution < -0.4 is 5.32 Å². The number of carbonyl (C=O) groups is 2. The van der Waals surface area contributed by atoms with E-state index in [9.17, 15) is 14.0 Å². The van der Waals surface area contributed by atoms with Crippen molar-refractivity contribution in [2.45, 2.75) is 31.5 Å². The van der Waals surface area contributed by atoms with E-state index in [1.807, 2.05) is 0 Å². The third-order valence-electron chi connectivity index (χ3n) is 4.19. The number of hydrogen-bond donors (Lipinski definition) is 2. The first-order chi connectivity index (χ1) is 11.5. The predicted octanol–water partition coefficient (Wildman–Crippen LogP) is 1.00. The standard InChI is InChI=1S/C16H18FN3O4/c1-20-10-4-2-3-9(17)14(10)19-13(20)7-8-18-15(21)11-5-6-12(24-11)16(22)23/h2-4,11-12H,5-8H2,1H3,(H,18,21)(H,22,23)/t11-,12+/m0/s1. The normalized spacial score (nSPS) is 20.4. The third-order valence-corrected chi connectivity index (χ3v) is 4.19. The number of aliphatic carboxylic acids is 1. The van der Waals surface area contributed by atoms with Gasteiger partial charge in [0.05, 0.1) is 5.52 Å². The fourth-order valence-corrected chi connectivity index (χ4v) is 2.88. The molecule has 24 heavy (non-hydrogen) atoms. The molecule has 0 saturated carbocycles. The van der Waals surface area contributed by atoms with Crippen molar-refractivity contribution in [2.75, 3.05) is 6.54 Å². The van der Waals surface area contributed by atoms with Crippen molar-refractivity contribution in [3.63, 3.8) is 0 Å². The molecular weight excluding hydrogens is 317 g/mol. The van der Waals surface area contributed by atoms with Gasteiger partial charge in [-0.1, -0.05) is 6.07 Å². The topological polar surface area (TPSA) is 93.5 Å². The predicted molar refractivity (Wildman–Crippen MR) is 82.9 cm³/mol. The number of fused-ring (bicyclic) bond motifs is 1. The Kier molecular flexibility index (Phi) is 4.48. The number of carboxylic acid groups (broad SMARTS) is 1. The van der Waals surface area contributed by atoms with Gasteiger partial charge in [-0.25, -0.2) is 14.2 Å². The van der Waals surface area contributed by atoms with E-state index >= 15 is 0 Å². The second kappa shape index (κ2) is 6.56. The number of benzene rings is 1. The Morgan fingerprint density at radius 1 is 1.42 bits per heavy atom. The molecule has 0 bridgehead atoms. The molecule has 2 heterocycles. The second-order valence-corrected chi connectivity index (χ2v) is 5.76. The lowest BCUT2D eigenvalue weighted by Crippen LogP contribution is -2.36. The van der Waals surface area contributed by atoms with Gasteiger partial charge in [0, 0.05) is 20.0 Å². The van der Waals surface area contributed by atoms with Gasteiger partial charge < -0.3 is 19.7 Å². The molecule has 128 valence electrons. The number of halogens is 1. The molecule has 1 aliphatic heterocycles. The quantitative estimate of drug-likeness (QED) is 0.850. The maximum atomic E-state index is 13.7. The number of para-hydroxylation sites is 1. The molecular formula is C16H18FN3O4. The smallest absolute Gasteiger partial charge is 0.332 e. The van der Waals surface area contributed by atoms with Crippen molar-refractivity contribution < 1.29 is 23.8 Å². The molecule has 2 atom stereocenters. The first kappa shape index (κ1) is 16.4. The second-order valence-electron chi connectivity index (χ2n) is 5.76. The lowest BCUT2D eigenvalue weighted by Gasteiger charge is -2.11. The number of carboxylic acids is 1. The van der Waals surface area contributed by atoms with E-state index in [4.69, 9.17) is 9.84 Å². The molecule has 2 N–H and O–H groups in total. The van der Waals surface area contributed by atoms with Gasteiger partial charge in [0.25, 0.3) is 0 Å². The summed E-state index contributed by atoms with van der Waals surface area (Å²) in [7, 11) is 1.80. The summed E-state index contributed by atoms with van der Waals surface area (Å²) in [6.45, 7) is 0.315. The molecule has 1 aromatic carbocycles. The number of aromatic nitrogens is 2. The van der Waals surface area contributed by atoms with Gasteiger partial charge in [0.2, 0.25) is 5.91 Å². The van der Waals surface area contributed by atoms with Crippen LogP contribution in [0.3, 0.4) is 0 Å². The average Bonchev–Trinajstić information content (AvgIpc) is 3.15. The van der Waals surface area contributed by atoms with Crippen molar-refractivity contribution in [3.05, 3.63) is 29.8 Å². The number of nitrogens with zero attached hydrogens (tertiary/aromatic N) is 2. The van der Waals surface area contributed by atoms with E-state index in [-0.39, 0.29) is 11.7 Å². The summed E-state index contributed by atoms with van der Waals surface area (Å²) in [6, 6.07) is 4.77. The number of imidazole rings is 1. The molecule has 1 aliphatic rings. The van der Waals surface area contributed by atoms with E-state index in [0.717, 1.165) is 0 Å². The van der Waals surface area contributed by atoms with Crippen LogP contribution in [0, 0.1) is 5.82 Å². The summed E-state index contributed by atoms with van der Waals surface area (Å²) < 4.78 is 20.7. The van der Waals surface area contributed by atoms with E-state index in [0.29, 0.717) is 42.7 Å². The molecule has 0 unspecified atom stereocenters. The lowest BCUT2D eigenvalue weighted by molar-refractivity contribution is -0.151. The highest BCUT2D eigenvalue weighted by atomic mass is 19.1. The molecule has 0 aliphatic carbocycles. The van der Waals surface area contributed by atoms with Crippen LogP contribution in [0.5, 0.6) is 0 Å². The molecule has 1 saturated heterocycles. The lowest BCUT2D eigenvalue weighted by atomic mass is 10.2. The molecule has 0 spiro atoms. The largest absolute Gasteiger partial charge is 0.479 e. The number of amides is 1. The van der Waals surface area contributed by atoms with E-state index in [2.05, 4.69) is 10.3 Å². The molecule has 8 heteroatoms. The third kappa shape index (κ3) is 3.09. The Morgan fingerprint density at radius 2 is 2.17 bits per heavy atom.